The van der Waals surface area contributed by atoms with E-state index in [1.54, 1.807) is 18.2 Å². The molecule has 0 aromatic heterocycles. The first-order chi connectivity index (χ1) is 13.9. The van der Waals surface area contributed by atoms with Crippen LogP contribution >= 0.6 is 0 Å². The quantitative estimate of drug-likeness (QED) is 0.700. The van der Waals surface area contributed by atoms with Crippen molar-refractivity contribution in [3.8, 4) is 0 Å². The molecule has 4 nitrogen and oxygen atoms in total. The number of halogens is 2. The SMILES string of the molecule is Cc1ccc2c(c1)C(c1ccc(F)cc1)N(C(=O)c1ccc(F)cc1)CC(=O)N2. The second-order valence-corrected chi connectivity index (χ2v) is 7.03. The van der Waals surface area contributed by atoms with Crippen molar-refractivity contribution in [1.82, 2.24) is 4.90 Å². The van der Waals surface area contributed by atoms with Crippen molar-refractivity contribution in [3.05, 3.63) is 101 Å². The van der Waals surface area contributed by atoms with Crippen LogP contribution in [0.25, 0.3) is 0 Å². The average molecular weight is 392 g/mol. The molecule has 0 fully saturated rings. The molecule has 0 aliphatic carbocycles. The van der Waals surface area contributed by atoms with Gasteiger partial charge in [-0.25, -0.2) is 8.78 Å². The predicted molar refractivity (Wildman–Crippen MR) is 105 cm³/mol. The standard InChI is InChI=1S/C23H18F2N2O2/c1-14-2-11-20-19(12-14)22(15-3-7-17(24)8-4-15)27(13-21(28)26-20)23(29)16-5-9-18(25)10-6-16/h2-12,22H,13H2,1H3,(H,26,28). The summed E-state index contributed by atoms with van der Waals surface area (Å²) in [5, 5.41) is 2.84. The molecule has 1 N–H and O–H groups in total. The largest absolute Gasteiger partial charge is 0.324 e. The molecule has 2 amide bonds. The number of hydrogen-bond acceptors (Lipinski definition) is 2. The van der Waals surface area contributed by atoms with E-state index in [0.717, 1.165) is 11.1 Å². The summed E-state index contributed by atoms with van der Waals surface area (Å²) in [5.41, 5.74) is 3.23. The number of nitrogens with one attached hydrogen (secondary N) is 1. The third-order valence-electron chi connectivity index (χ3n) is 4.94. The molecule has 1 aliphatic rings. The van der Waals surface area contributed by atoms with Gasteiger partial charge in [-0.2, -0.15) is 0 Å². The highest BCUT2D eigenvalue weighted by Gasteiger charge is 2.34. The molecule has 1 aliphatic heterocycles. The fraction of sp³-hybridized carbons (Fsp3) is 0.130. The van der Waals surface area contributed by atoms with Crippen LogP contribution in [0, 0.1) is 18.6 Å². The maximum atomic E-state index is 13.5. The van der Waals surface area contributed by atoms with Gasteiger partial charge in [0.15, 0.2) is 0 Å². The van der Waals surface area contributed by atoms with Gasteiger partial charge in [-0.1, -0.05) is 29.8 Å². The van der Waals surface area contributed by atoms with Gasteiger partial charge in [0, 0.05) is 16.8 Å². The third-order valence-corrected chi connectivity index (χ3v) is 4.94. The Morgan fingerprint density at radius 1 is 0.966 bits per heavy atom. The van der Waals surface area contributed by atoms with E-state index in [2.05, 4.69) is 5.32 Å². The third kappa shape index (κ3) is 3.74. The monoisotopic (exact) mass is 392 g/mol. The van der Waals surface area contributed by atoms with Gasteiger partial charge >= 0.3 is 0 Å². The predicted octanol–water partition coefficient (Wildman–Crippen LogP) is 4.46. The first-order valence-corrected chi connectivity index (χ1v) is 9.15. The van der Waals surface area contributed by atoms with Crippen LogP contribution in [0.3, 0.4) is 0 Å². The van der Waals surface area contributed by atoms with Gasteiger partial charge in [0.2, 0.25) is 5.91 Å². The molecule has 1 atom stereocenters. The van der Waals surface area contributed by atoms with Crippen LogP contribution < -0.4 is 5.32 Å². The summed E-state index contributed by atoms with van der Waals surface area (Å²) in [7, 11) is 0. The van der Waals surface area contributed by atoms with Crippen LogP contribution in [0.4, 0.5) is 14.5 Å². The van der Waals surface area contributed by atoms with Crippen LogP contribution in [0.5, 0.6) is 0 Å². The molecule has 0 bridgehead atoms. The van der Waals surface area contributed by atoms with E-state index in [-0.39, 0.29) is 18.0 Å². The number of carbonyl (C=O) groups excluding carboxylic acids is 2. The highest BCUT2D eigenvalue weighted by atomic mass is 19.1. The first-order valence-electron chi connectivity index (χ1n) is 9.15. The molecule has 1 heterocycles. The van der Waals surface area contributed by atoms with E-state index in [0.29, 0.717) is 11.3 Å². The van der Waals surface area contributed by atoms with E-state index >= 15 is 0 Å². The molecule has 146 valence electrons. The normalized spacial score (nSPS) is 16.0. The van der Waals surface area contributed by atoms with Gasteiger partial charge in [0.05, 0.1) is 6.04 Å². The number of benzene rings is 3. The Labute approximate surface area is 166 Å². The molecule has 4 rings (SSSR count). The second kappa shape index (κ2) is 7.47. The Hall–Kier alpha value is -3.54. The van der Waals surface area contributed by atoms with Crippen LogP contribution in [-0.4, -0.2) is 23.3 Å². The Balaban J connectivity index is 1.88. The number of aryl methyl sites for hydroxylation is 1. The van der Waals surface area contributed by atoms with Crippen molar-refractivity contribution in [3.63, 3.8) is 0 Å². The van der Waals surface area contributed by atoms with Gasteiger partial charge in [-0.15, -0.1) is 0 Å². The van der Waals surface area contributed by atoms with E-state index < -0.39 is 23.6 Å². The molecule has 3 aromatic rings. The summed E-state index contributed by atoms with van der Waals surface area (Å²) in [4.78, 5) is 27.3. The Kier molecular flexibility index (Phi) is 4.84. The Morgan fingerprint density at radius 3 is 2.24 bits per heavy atom. The van der Waals surface area contributed by atoms with Gasteiger partial charge in [-0.05, 0) is 55.0 Å². The number of fused-ring (bicyclic) bond motifs is 1. The van der Waals surface area contributed by atoms with E-state index in [9.17, 15) is 18.4 Å². The average Bonchev–Trinajstić information content (AvgIpc) is 2.84. The van der Waals surface area contributed by atoms with Crippen molar-refractivity contribution in [1.29, 1.82) is 0 Å². The van der Waals surface area contributed by atoms with Crippen molar-refractivity contribution in [2.24, 2.45) is 0 Å². The van der Waals surface area contributed by atoms with E-state index in [4.69, 9.17) is 0 Å². The number of anilines is 1. The van der Waals surface area contributed by atoms with Crippen molar-refractivity contribution >= 4 is 17.5 Å². The van der Waals surface area contributed by atoms with Gasteiger partial charge in [0.1, 0.15) is 18.2 Å². The van der Waals surface area contributed by atoms with Crippen LogP contribution in [-0.2, 0) is 4.79 Å². The summed E-state index contributed by atoms with van der Waals surface area (Å²) < 4.78 is 26.8. The lowest BCUT2D eigenvalue weighted by Gasteiger charge is -2.31. The highest BCUT2D eigenvalue weighted by molar-refractivity contribution is 6.01. The molecule has 6 heteroatoms. The zero-order valence-corrected chi connectivity index (χ0v) is 15.7. The molecule has 0 saturated heterocycles. The smallest absolute Gasteiger partial charge is 0.255 e. The lowest BCUT2D eigenvalue weighted by atomic mass is 9.94. The minimum Gasteiger partial charge on any atom is -0.324 e. The fourth-order valence-electron chi connectivity index (χ4n) is 3.58. The van der Waals surface area contributed by atoms with Gasteiger partial charge in [0.25, 0.3) is 5.91 Å². The molecule has 0 spiro atoms. The molecule has 1 unspecified atom stereocenters. The topological polar surface area (TPSA) is 49.4 Å². The van der Waals surface area contributed by atoms with Crippen LogP contribution in [0.1, 0.15) is 33.1 Å². The van der Waals surface area contributed by atoms with Crippen molar-refractivity contribution in [2.75, 3.05) is 11.9 Å². The first kappa shape index (κ1) is 18.8. The minimum atomic E-state index is -0.609. The van der Waals surface area contributed by atoms with Crippen LogP contribution in [0.15, 0.2) is 66.7 Å². The molecular formula is C23H18F2N2O2. The highest BCUT2D eigenvalue weighted by Crippen LogP contribution is 2.37. The summed E-state index contributed by atoms with van der Waals surface area (Å²) in [6.07, 6.45) is 0. The fourth-order valence-corrected chi connectivity index (χ4v) is 3.58. The molecule has 0 saturated carbocycles. The molecular weight excluding hydrogens is 374 g/mol. The number of rotatable bonds is 2. The zero-order chi connectivity index (χ0) is 20.5. The maximum absolute atomic E-state index is 13.5. The lowest BCUT2D eigenvalue weighted by Crippen LogP contribution is -2.39. The Morgan fingerprint density at radius 2 is 1.59 bits per heavy atom. The van der Waals surface area contributed by atoms with Gasteiger partial charge in [-0.3, -0.25) is 9.59 Å². The molecule has 3 aromatic carbocycles. The Bertz CT molecular complexity index is 1080. The van der Waals surface area contributed by atoms with Crippen molar-refractivity contribution < 1.29 is 18.4 Å². The zero-order valence-electron chi connectivity index (χ0n) is 15.7. The van der Waals surface area contributed by atoms with E-state index in [1.807, 2.05) is 19.1 Å². The summed E-state index contributed by atoms with van der Waals surface area (Å²) in [5.74, 6) is -1.59. The van der Waals surface area contributed by atoms with E-state index in [1.165, 1.54) is 41.3 Å². The minimum absolute atomic E-state index is 0.189. The number of nitrogens with zero attached hydrogens (tertiary/aromatic N) is 1. The molecule has 29 heavy (non-hydrogen) atoms. The summed E-state index contributed by atoms with van der Waals surface area (Å²) in [6.45, 7) is 1.73. The summed E-state index contributed by atoms with van der Waals surface area (Å²) >= 11 is 0. The number of amides is 2. The van der Waals surface area contributed by atoms with Crippen molar-refractivity contribution in [2.45, 2.75) is 13.0 Å². The number of hydrogen-bond donors (Lipinski definition) is 1. The summed E-state index contributed by atoms with van der Waals surface area (Å²) in [6, 6.07) is 16.0. The molecule has 0 radical (unpaired) electrons. The lowest BCUT2D eigenvalue weighted by molar-refractivity contribution is -0.117. The van der Waals surface area contributed by atoms with Gasteiger partial charge < -0.3 is 10.2 Å². The second-order valence-electron chi connectivity index (χ2n) is 7.03. The van der Waals surface area contributed by atoms with Crippen LogP contribution in [0.2, 0.25) is 0 Å². The maximum Gasteiger partial charge on any atom is 0.255 e. The number of carbonyl (C=O) groups is 2.